The molecule has 0 aliphatic rings. The van der Waals surface area contributed by atoms with Gasteiger partial charge in [0.2, 0.25) is 0 Å². The van der Waals surface area contributed by atoms with Gasteiger partial charge in [0, 0.05) is 33.9 Å². The second kappa shape index (κ2) is 23.6. The molecule has 0 heterocycles. The molecule has 16 heteroatoms. The van der Waals surface area contributed by atoms with Crippen LogP contribution < -0.4 is 11.5 Å². The van der Waals surface area contributed by atoms with Crippen molar-refractivity contribution in [2.45, 2.75) is 0 Å². The zero-order valence-corrected chi connectivity index (χ0v) is 18.1. The summed E-state index contributed by atoms with van der Waals surface area (Å²) < 4.78 is 68.2. The van der Waals surface area contributed by atoms with Crippen LogP contribution in [0.2, 0.25) is 0 Å². The molecule has 0 bridgehead atoms. The summed E-state index contributed by atoms with van der Waals surface area (Å²) in [4.78, 5) is 0. The molecule has 4 N–H and O–H groups in total. The van der Waals surface area contributed by atoms with Crippen LogP contribution in [0.25, 0.3) is 0 Å². The Labute approximate surface area is 143 Å². The number of rotatable bonds is 1. The molecule has 0 aromatic heterocycles. The molecule has 0 fully saturated rings. The van der Waals surface area contributed by atoms with Crippen LogP contribution in [0, 0.1) is 0 Å². The minimum absolute atomic E-state index is 0. The second-order valence-corrected chi connectivity index (χ2v) is 3.03. The Morgan fingerprint density at radius 2 is 0.722 bits per heavy atom. The first-order valence-corrected chi connectivity index (χ1v) is 5.32. The third-order valence-corrected chi connectivity index (χ3v) is 0.167. The SMILES string of the molecule is Cl.Cl.NCCN.O=S(=O)([O-])[O-].O=S(=O)([O-])[O-].[Zn+2].[Zn+2]. The van der Waals surface area contributed by atoms with Gasteiger partial charge in [0.05, 0.1) is 0 Å². The Balaban J connectivity index is -0.0000000183. The molecular weight excluding hydrogens is 446 g/mol. The van der Waals surface area contributed by atoms with Crippen molar-refractivity contribution in [3.63, 3.8) is 0 Å². The molecule has 0 rings (SSSR count). The van der Waals surface area contributed by atoms with Crippen molar-refractivity contribution in [1.82, 2.24) is 0 Å². The minimum Gasteiger partial charge on any atom is -0.759 e. The van der Waals surface area contributed by atoms with Crippen molar-refractivity contribution in [3.05, 3.63) is 0 Å². The number of halogens is 2. The molecular formula is C2H10Cl2N2O8S2Zn2. The van der Waals surface area contributed by atoms with Crippen LogP contribution in [0.1, 0.15) is 0 Å². The van der Waals surface area contributed by atoms with E-state index in [9.17, 15) is 0 Å². The number of nitrogens with two attached hydrogens (primary N) is 2. The molecule has 0 aromatic carbocycles. The van der Waals surface area contributed by atoms with Gasteiger partial charge in [-0.25, -0.2) is 0 Å². The molecule has 10 nitrogen and oxygen atoms in total. The van der Waals surface area contributed by atoms with Crippen LogP contribution >= 0.6 is 24.8 Å². The van der Waals surface area contributed by atoms with Gasteiger partial charge in [-0.2, -0.15) is 0 Å². The Kier molecular flexibility index (Phi) is 55.9. The van der Waals surface area contributed by atoms with E-state index in [1.165, 1.54) is 0 Å². The van der Waals surface area contributed by atoms with E-state index in [1.807, 2.05) is 0 Å². The molecule has 0 saturated heterocycles. The number of hydrogen-bond donors (Lipinski definition) is 2. The smallest absolute Gasteiger partial charge is 0.759 e. The van der Waals surface area contributed by atoms with Crippen LogP contribution in [-0.2, 0) is 59.8 Å². The van der Waals surface area contributed by atoms with E-state index in [2.05, 4.69) is 0 Å². The van der Waals surface area contributed by atoms with Crippen LogP contribution in [-0.4, -0.2) is 48.1 Å². The van der Waals surface area contributed by atoms with Crippen molar-refractivity contribution in [2.75, 3.05) is 13.1 Å². The molecule has 18 heavy (non-hydrogen) atoms. The van der Waals surface area contributed by atoms with Crippen LogP contribution in [0.15, 0.2) is 0 Å². The predicted molar refractivity (Wildman–Crippen MR) is 53.6 cm³/mol. The molecule has 0 aromatic rings. The summed E-state index contributed by atoms with van der Waals surface area (Å²) >= 11 is 0. The Morgan fingerprint density at radius 1 is 0.667 bits per heavy atom. The molecule has 0 amide bonds. The fourth-order valence-electron chi connectivity index (χ4n) is 0. The van der Waals surface area contributed by atoms with E-state index in [4.69, 9.17) is 46.5 Å². The molecule has 0 spiro atoms. The van der Waals surface area contributed by atoms with Gasteiger partial charge in [0.1, 0.15) is 0 Å². The van der Waals surface area contributed by atoms with E-state index in [0.29, 0.717) is 13.1 Å². The standard InChI is InChI=1S/C2H8N2.2ClH.2H2O4S.2Zn/c3-1-2-4;;;2*1-5(2,3)4;;/h1-4H2;2*1H;2*(H2,1,2,3,4);;/q;;;;;2*+2/p-4. The van der Waals surface area contributed by atoms with Crippen molar-refractivity contribution in [1.29, 1.82) is 0 Å². The van der Waals surface area contributed by atoms with E-state index in [0.717, 1.165) is 0 Å². The quantitative estimate of drug-likeness (QED) is 0.233. The van der Waals surface area contributed by atoms with E-state index in [1.54, 1.807) is 0 Å². The van der Waals surface area contributed by atoms with E-state index >= 15 is 0 Å². The van der Waals surface area contributed by atoms with Crippen molar-refractivity contribution in [3.8, 4) is 0 Å². The first kappa shape index (κ1) is 42.7. The first-order chi connectivity index (χ1) is 5.91. The van der Waals surface area contributed by atoms with Gasteiger partial charge in [-0.15, -0.1) is 24.8 Å². The van der Waals surface area contributed by atoms with Crippen LogP contribution in [0.4, 0.5) is 0 Å². The Bertz CT molecular complexity index is 261. The summed E-state index contributed by atoms with van der Waals surface area (Å²) in [6.45, 7) is 1.19. The average molecular weight is 456 g/mol. The Morgan fingerprint density at radius 3 is 0.722 bits per heavy atom. The van der Waals surface area contributed by atoms with Gasteiger partial charge >= 0.3 is 39.0 Å². The fourth-order valence-corrected chi connectivity index (χ4v) is 0. The molecule has 0 saturated carbocycles. The number of hydrogen-bond acceptors (Lipinski definition) is 10. The summed E-state index contributed by atoms with van der Waals surface area (Å²) in [5.74, 6) is 0. The van der Waals surface area contributed by atoms with Gasteiger partial charge in [-0.1, -0.05) is 0 Å². The second-order valence-electron chi connectivity index (χ2n) is 1.39. The maximum atomic E-state index is 8.52. The molecule has 0 atom stereocenters. The van der Waals surface area contributed by atoms with Gasteiger partial charge in [0.25, 0.3) is 0 Å². The summed E-state index contributed by atoms with van der Waals surface area (Å²) in [7, 11) is -10.3. The Hall–Kier alpha value is 1.49. The first-order valence-electron chi connectivity index (χ1n) is 2.65. The molecule has 0 unspecified atom stereocenters. The van der Waals surface area contributed by atoms with Gasteiger partial charge in [0.15, 0.2) is 0 Å². The topological polar surface area (TPSA) is 213 Å². The van der Waals surface area contributed by atoms with E-state index < -0.39 is 20.8 Å². The summed E-state index contributed by atoms with van der Waals surface area (Å²) in [6, 6.07) is 0. The summed E-state index contributed by atoms with van der Waals surface area (Å²) in [6.07, 6.45) is 0. The van der Waals surface area contributed by atoms with Crippen molar-refractivity contribution < 1.29 is 74.0 Å². The van der Waals surface area contributed by atoms with Crippen LogP contribution in [0.5, 0.6) is 0 Å². The minimum atomic E-state index is -5.17. The van der Waals surface area contributed by atoms with Gasteiger partial charge in [-0.3, -0.25) is 16.8 Å². The average Bonchev–Trinajstić information content (AvgIpc) is 1.79. The summed E-state index contributed by atoms with van der Waals surface area (Å²) in [5.41, 5.74) is 9.81. The summed E-state index contributed by atoms with van der Waals surface area (Å²) in [5, 5.41) is 0. The molecule has 106 valence electrons. The third-order valence-electron chi connectivity index (χ3n) is 0.167. The van der Waals surface area contributed by atoms with Crippen LogP contribution in [0.3, 0.4) is 0 Å². The van der Waals surface area contributed by atoms with Gasteiger partial charge in [-0.05, 0) is 0 Å². The molecule has 0 aliphatic heterocycles. The maximum absolute atomic E-state index is 8.52. The van der Waals surface area contributed by atoms with Crippen molar-refractivity contribution in [2.24, 2.45) is 11.5 Å². The molecule has 0 radical (unpaired) electrons. The normalized spacial score (nSPS) is 8.11. The van der Waals surface area contributed by atoms with Gasteiger partial charge < -0.3 is 29.7 Å². The third kappa shape index (κ3) is 769. The van der Waals surface area contributed by atoms with E-state index in [-0.39, 0.29) is 63.8 Å². The maximum Gasteiger partial charge on any atom is 2.00 e. The predicted octanol–water partition coefficient (Wildman–Crippen LogP) is -2.93. The largest absolute Gasteiger partial charge is 2.00 e. The van der Waals surface area contributed by atoms with Crippen molar-refractivity contribution >= 4 is 45.6 Å². The molecule has 0 aliphatic carbocycles. The fraction of sp³-hybridized carbons (Fsp3) is 1.00. The zero-order valence-electron chi connectivity index (χ0n) is 8.88. The zero-order chi connectivity index (χ0) is 12.4. The monoisotopic (exact) mass is 452 g/mol.